The van der Waals surface area contributed by atoms with Crippen molar-refractivity contribution in [1.29, 1.82) is 0 Å². The van der Waals surface area contributed by atoms with Gasteiger partial charge in [-0.2, -0.15) is 0 Å². The van der Waals surface area contributed by atoms with Gasteiger partial charge in [0.05, 0.1) is 12.6 Å². The van der Waals surface area contributed by atoms with Crippen LogP contribution in [0, 0.1) is 6.92 Å². The normalized spacial score (nSPS) is 17.9. The van der Waals surface area contributed by atoms with Crippen LogP contribution in [0.25, 0.3) is 0 Å². The van der Waals surface area contributed by atoms with Gasteiger partial charge in [0.25, 0.3) is 0 Å². The van der Waals surface area contributed by atoms with Crippen molar-refractivity contribution in [2.24, 2.45) is 0 Å². The zero-order valence-corrected chi connectivity index (χ0v) is 10.7. The lowest BCUT2D eigenvalue weighted by Gasteiger charge is -2.28. The first kappa shape index (κ1) is 12.4. The number of aryl methyl sites for hydroxylation is 1. The fourth-order valence-electron chi connectivity index (χ4n) is 2.04. The summed E-state index contributed by atoms with van der Waals surface area (Å²) in [6.07, 6.45) is 7.23. The van der Waals surface area contributed by atoms with Crippen molar-refractivity contribution in [1.82, 2.24) is 4.90 Å². The van der Waals surface area contributed by atoms with Crippen LogP contribution in [0.4, 0.5) is 4.79 Å². The number of hydrogen-bond acceptors (Lipinski definition) is 2. The van der Waals surface area contributed by atoms with Crippen LogP contribution in [0.2, 0.25) is 0 Å². The zero-order valence-electron chi connectivity index (χ0n) is 10.7. The molecule has 1 aromatic rings. The van der Waals surface area contributed by atoms with E-state index in [9.17, 15) is 4.79 Å². The van der Waals surface area contributed by atoms with Crippen molar-refractivity contribution >= 4 is 6.09 Å². The Kier molecular flexibility index (Phi) is 3.82. The smallest absolute Gasteiger partial charge is 0.414 e. The second-order valence-corrected chi connectivity index (χ2v) is 4.13. The summed E-state index contributed by atoms with van der Waals surface area (Å²) in [6.45, 7) is 4.24. The fraction of sp³-hybridized carbons (Fsp3) is 0.267. The molecule has 3 heteroatoms. The monoisotopic (exact) mass is 243 g/mol. The SMILES string of the molecule is CCOC(=O)N1C=CC=CC1c1ccccc1C. The lowest BCUT2D eigenvalue weighted by molar-refractivity contribution is 0.115. The second kappa shape index (κ2) is 5.54. The minimum atomic E-state index is -0.314. The van der Waals surface area contributed by atoms with Crippen molar-refractivity contribution in [3.05, 3.63) is 59.8 Å². The van der Waals surface area contributed by atoms with Gasteiger partial charge in [0.15, 0.2) is 0 Å². The van der Waals surface area contributed by atoms with E-state index in [1.807, 2.05) is 56.3 Å². The van der Waals surface area contributed by atoms with Gasteiger partial charge >= 0.3 is 6.09 Å². The van der Waals surface area contributed by atoms with E-state index in [-0.39, 0.29) is 12.1 Å². The molecule has 0 spiro atoms. The van der Waals surface area contributed by atoms with Gasteiger partial charge in [-0.25, -0.2) is 4.79 Å². The zero-order chi connectivity index (χ0) is 13.0. The van der Waals surface area contributed by atoms with Gasteiger partial charge in [-0.1, -0.05) is 36.4 Å². The summed E-state index contributed by atoms with van der Waals surface area (Å²) in [5.74, 6) is 0. The maximum absolute atomic E-state index is 11.9. The fourth-order valence-corrected chi connectivity index (χ4v) is 2.04. The van der Waals surface area contributed by atoms with Crippen LogP contribution in [0.1, 0.15) is 24.1 Å². The number of rotatable bonds is 2. The molecule has 0 aliphatic carbocycles. The van der Waals surface area contributed by atoms with Gasteiger partial charge in [0.2, 0.25) is 0 Å². The Morgan fingerprint density at radius 3 is 2.83 bits per heavy atom. The Hall–Kier alpha value is -2.03. The average molecular weight is 243 g/mol. The molecule has 94 valence electrons. The number of benzene rings is 1. The molecular weight excluding hydrogens is 226 g/mol. The third-order valence-electron chi connectivity index (χ3n) is 2.94. The van der Waals surface area contributed by atoms with E-state index in [2.05, 4.69) is 0 Å². The van der Waals surface area contributed by atoms with Crippen LogP contribution < -0.4 is 0 Å². The molecule has 1 amide bonds. The Labute approximate surface area is 107 Å². The molecule has 1 heterocycles. The van der Waals surface area contributed by atoms with E-state index in [1.54, 1.807) is 11.1 Å². The van der Waals surface area contributed by atoms with Gasteiger partial charge in [-0.3, -0.25) is 4.90 Å². The predicted molar refractivity (Wildman–Crippen MR) is 71.1 cm³/mol. The lowest BCUT2D eigenvalue weighted by atomic mass is 9.99. The average Bonchev–Trinajstić information content (AvgIpc) is 2.40. The molecule has 1 aliphatic heterocycles. The number of ether oxygens (including phenoxy) is 1. The summed E-state index contributed by atoms with van der Waals surface area (Å²) in [4.78, 5) is 13.5. The van der Waals surface area contributed by atoms with Gasteiger partial charge < -0.3 is 4.74 Å². The molecule has 0 fully saturated rings. The Morgan fingerprint density at radius 2 is 2.11 bits per heavy atom. The Balaban J connectivity index is 2.30. The number of carbonyl (C=O) groups excluding carboxylic acids is 1. The molecule has 0 bridgehead atoms. The molecule has 1 atom stereocenters. The highest BCUT2D eigenvalue weighted by Gasteiger charge is 2.24. The number of nitrogens with zero attached hydrogens (tertiary/aromatic N) is 1. The van der Waals surface area contributed by atoms with Crippen molar-refractivity contribution in [3.8, 4) is 0 Å². The van der Waals surface area contributed by atoms with Crippen LogP contribution in [0.15, 0.2) is 48.7 Å². The summed E-state index contributed by atoms with van der Waals surface area (Å²) in [5.41, 5.74) is 2.28. The van der Waals surface area contributed by atoms with Crippen molar-refractivity contribution in [2.75, 3.05) is 6.61 Å². The predicted octanol–water partition coefficient (Wildman–Crippen LogP) is 3.58. The molecule has 0 radical (unpaired) electrons. The first-order chi connectivity index (χ1) is 8.74. The molecule has 0 saturated heterocycles. The van der Waals surface area contributed by atoms with E-state index in [4.69, 9.17) is 4.74 Å². The Bertz CT molecular complexity index is 491. The second-order valence-electron chi connectivity index (χ2n) is 4.13. The van der Waals surface area contributed by atoms with E-state index < -0.39 is 0 Å². The van der Waals surface area contributed by atoms with Gasteiger partial charge in [0.1, 0.15) is 0 Å². The Morgan fingerprint density at radius 1 is 1.33 bits per heavy atom. The third kappa shape index (κ3) is 2.45. The van der Waals surface area contributed by atoms with Crippen molar-refractivity contribution in [2.45, 2.75) is 19.9 Å². The summed E-state index contributed by atoms with van der Waals surface area (Å²) >= 11 is 0. The van der Waals surface area contributed by atoms with E-state index in [0.29, 0.717) is 6.61 Å². The first-order valence-corrected chi connectivity index (χ1v) is 6.09. The minimum absolute atomic E-state index is 0.0877. The highest BCUT2D eigenvalue weighted by molar-refractivity contribution is 5.70. The molecular formula is C15H17NO2. The van der Waals surface area contributed by atoms with Crippen molar-refractivity contribution in [3.63, 3.8) is 0 Å². The largest absolute Gasteiger partial charge is 0.449 e. The van der Waals surface area contributed by atoms with Crippen LogP contribution in [0.5, 0.6) is 0 Å². The summed E-state index contributed by atoms with van der Waals surface area (Å²) in [5, 5.41) is 0. The highest BCUT2D eigenvalue weighted by Crippen LogP contribution is 2.28. The molecule has 1 aliphatic rings. The molecule has 1 aromatic carbocycles. The maximum atomic E-state index is 11.9. The summed E-state index contributed by atoms with van der Waals surface area (Å²) in [7, 11) is 0. The van der Waals surface area contributed by atoms with Crippen molar-refractivity contribution < 1.29 is 9.53 Å². The number of allylic oxidation sites excluding steroid dienone is 2. The minimum Gasteiger partial charge on any atom is -0.449 e. The number of amides is 1. The summed E-state index contributed by atoms with van der Waals surface area (Å²) in [6, 6.07) is 7.98. The van der Waals surface area contributed by atoms with Crippen LogP contribution in [-0.4, -0.2) is 17.6 Å². The lowest BCUT2D eigenvalue weighted by Crippen LogP contribution is -2.31. The van der Waals surface area contributed by atoms with Crippen LogP contribution in [-0.2, 0) is 4.74 Å². The number of carbonyl (C=O) groups is 1. The van der Waals surface area contributed by atoms with Gasteiger partial charge in [-0.05, 0) is 31.1 Å². The first-order valence-electron chi connectivity index (χ1n) is 6.09. The topological polar surface area (TPSA) is 29.5 Å². The summed E-state index contributed by atoms with van der Waals surface area (Å²) < 4.78 is 5.07. The molecule has 0 N–H and O–H groups in total. The van der Waals surface area contributed by atoms with Crippen LogP contribution >= 0.6 is 0 Å². The van der Waals surface area contributed by atoms with Gasteiger partial charge in [0, 0.05) is 6.20 Å². The van der Waals surface area contributed by atoms with Gasteiger partial charge in [-0.15, -0.1) is 0 Å². The molecule has 0 aromatic heterocycles. The standard InChI is InChI=1S/C15H17NO2/c1-3-18-15(17)16-11-7-6-10-14(16)13-9-5-4-8-12(13)2/h4-11,14H,3H2,1-2H3. The van der Waals surface area contributed by atoms with E-state index in [0.717, 1.165) is 11.1 Å². The maximum Gasteiger partial charge on any atom is 0.414 e. The molecule has 1 unspecified atom stereocenters. The van der Waals surface area contributed by atoms with Crippen LogP contribution in [0.3, 0.4) is 0 Å². The molecule has 0 saturated carbocycles. The third-order valence-corrected chi connectivity index (χ3v) is 2.94. The highest BCUT2D eigenvalue weighted by atomic mass is 16.6. The quantitative estimate of drug-likeness (QED) is 0.794. The molecule has 18 heavy (non-hydrogen) atoms. The van der Waals surface area contributed by atoms with E-state index >= 15 is 0 Å². The van der Waals surface area contributed by atoms with E-state index in [1.165, 1.54) is 0 Å². The molecule has 2 rings (SSSR count). The number of hydrogen-bond donors (Lipinski definition) is 0. The molecule has 3 nitrogen and oxygen atoms in total.